The lowest BCUT2D eigenvalue weighted by atomic mass is 9.95. The molecule has 7 nitrogen and oxygen atoms in total. The minimum absolute atomic E-state index is 0.205. The molecule has 5 atom stereocenters. The van der Waals surface area contributed by atoms with Crippen LogP contribution in [0.2, 0.25) is 0 Å². The summed E-state index contributed by atoms with van der Waals surface area (Å²) in [5.74, 6) is -0.895. The van der Waals surface area contributed by atoms with Crippen LogP contribution in [0.1, 0.15) is 19.4 Å². The molecule has 3 aliphatic heterocycles. The average molecular weight is 387 g/mol. The molecule has 150 valence electrons. The molecule has 0 spiro atoms. The van der Waals surface area contributed by atoms with Crippen molar-refractivity contribution >= 4 is 12.0 Å². The maximum absolute atomic E-state index is 12.6. The summed E-state index contributed by atoms with van der Waals surface area (Å²) in [7, 11) is 1.51. The second kappa shape index (κ2) is 7.42. The molecule has 1 aromatic rings. The number of benzene rings is 1. The molecule has 2 saturated heterocycles. The third kappa shape index (κ3) is 3.52. The van der Waals surface area contributed by atoms with Gasteiger partial charge < -0.3 is 24.1 Å². The molecular formula is C21H25NO6. The summed E-state index contributed by atoms with van der Waals surface area (Å²) in [5, 5.41) is 10.4. The molecule has 0 bridgehead atoms. The van der Waals surface area contributed by atoms with Gasteiger partial charge in [-0.3, -0.25) is 9.69 Å². The van der Waals surface area contributed by atoms with Crippen LogP contribution >= 0.6 is 0 Å². The Morgan fingerprint density at radius 2 is 2.04 bits per heavy atom. The van der Waals surface area contributed by atoms with Crippen LogP contribution in [0.15, 0.2) is 48.2 Å². The number of rotatable bonds is 5. The SMILES string of the molecule is CO[C@@H]1C(=O)N(C2=C[C@@H]([C@@H]3COC(C)(C)O3)OC2O)[C@@H]1/C=C/c1ccccc1. The highest BCUT2D eigenvalue weighted by molar-refractivity contribution is 5.91. The summed E-state index contributed by atoms with van der Waals surface area (Å²) in [4.78, 5) is 14.1. The van der Waals surface area contributed by atoms with Gasteiger partial charge in [-0.15, -0.1) is 0 Å². The summed E-state index contributed by atoms with van der Waals surface area (Å²) in [6.45, 7) is 4.02. The lowest BCUT2D eigenvalue weighted by molar-refractivity contribution is -0.176. The number of nitrogens with zero attached hydrogens (tertiary/aromatic N) is 1. The third-order valence-corrected chi connectivity index (χ3v) is 5.18. The molecule has 2 fully saturated rings. The van der Waals surface area contributed by atoms with Crippen LogP contribution in [0.25, 0.3) is 6.08 Å². The van der Waals surface area contributed by atoms with E-state index < -0.39 is 24.3 Å². The van der Waals surface area contributed by atoms with E-state index in [9.17, 15) is 9.90 Å². The molecule has 1 N–H and O–H groups in total. The van der Waals surface area contributed by atoms with Crippen molar-refractivity contribution in [2.75, 3.05) is 13.7 Å². The lowest BCUT2D eigenvalue weighted by Gasteiger charge is -2.45. The number of hydrogen-bond donors (Lipinski definition) is 1. The number of β-lactam (4-membered cyclic amide) rings is 1. The number of aliphatic hydroxyl groups excluding tert-OH is 1. The van der Waals surface area contributed by atoms with E-state index in [4.69, 9.17) is 18.9 Å². The third-order valence-electron chi connectivity index (χ3n) is 5.18. The van der Waals surface area contributed by atoms with Gasteiger partial charge in [0.25, 0.3) is 5.91 Å². The summed E-state index contributed by atoms with van der Waals surface area (Å²) >= 11 is 0. The van der Waals surface area contributed by atoms with Gasteiger partial charge in [-0.05, 0) is 25.5 Å². The highest BCUT2D eigenvalue weighted by Crippen LogP contribution is 2.36. The van der Waals surface area contributed by atoms with Crippen molar-refractivity contribution in [1.29, 1.82) is 0 Å². The standard InChI is InChI=1S/C21H25NO6/c1-21(2)26-12-17(28-21)16-11-15(20(24)27-16)22-14(18(25-3)19(22)23)10-9-13-7-5-4-6-8-13/h4-11,14,16-18,20,24H,12H2,1-3H3/b10-9+/t14-,16+,17+,18+,20?/m1/s1. The molecule has 0 aromatic heterocycles. The fourth-order valence-corrected chi connectivity index (χ4v) is 3.76. The largest absolute Gasteiger partial charge is 0.369 e. The van der Waals surface area contributed by atoms with Gasteiger partial charge in [0, 0.05) is 7.11 Å². The molecule has 4 rings (SSSR count). The zero-order chi connectivity index (χ0) is 19.9. The monoisotopic (exact) mass is 387 g/mol. The predicted octanol–water partition coefficient (Wildman–Crippen LogP) is 1.68. The number of methoxy groups -OCH3 is 1. The maximum Gasteiger partial charge on any atom is 0.259 e. The zero-order valence-electron chi connectivity index (χ0n) is 16.1. The molecule has 28 heavy (non-hydrogen) atoms. The van der Waals surface area contributed by atoms with Crippen molar-refractivity contribution in [2.45, 2.75) is 50.3 Å². The van der Waals surface area contributed by atoms with E-state index in [-0.39, 0.29) is 18.1 Å². The van der Waals surface area contributed by atoms with Crippen LogP contribution in [0.3, 0.4) is 0 Å². The van der Waals surface area contributed by atoms with Gasteiger partial charge in [-0.2, -0.15) is 0 Å². The number of carbonyl (C=O) groups is 1. The van der Waals surface area contributed by atoms with Gasteiger partial charge in [-0.25, -0.2) is 0 Å². The van der Waals surface area contributed by atoms with Crippen LogP contribution in [0.4, 0.5) is 0 Å². The molecule has 7 heteroatoms. The second-order valence-electron chi connectivity index (χ2n) is 7.54. The van der Waals surface area contributed by atoms with Crippen molar-refractivity contribution in [3.63, 3.8) is 0 Å². The second-order valence-corrected chi connectivity index (χ2v) is 7.54. The molecule has 0 radical (unpaired) electrons. The van der Waals surface area contributed by atoms with Gasteiger partial charge in [0.2, 0.25) is 0 Å². The topological polar surface area (TPSA) is 77.5 Å². The summed E-state index contributed by atoms with van der Waals surface area (Å²) < 4.78 is 22.4. The van der Waals surface area contributed by atoms with Gasteiger partial charge in [-0.1, -0.05) is 42.5 Å². The van der Waals surface area contributed by atoms with Crippen molar-refractivity contribution < 1.29 is 28.8 Å². The van der Waals surface area contributed by atoms with Crippen LogP contribution in [0, 0.1) is 0 Å². The van der Waals surface area contributed by atoms with Crippen molar-refractivity contribution in [3.05, 3.63) is 53.7 Å². The van der Waals surface area contributed by atoms with Crippen molar-refractivity contribution in [1.82, 2.24) is 4.90 Å². The first-order valence-corrected chi connectivity index (χ1v) is 9.36. The molecule has 3 heterocycles. The first-order chi connectivity index (χ1) is 13.4. The smallest absolute Gasteiger partial charge is 0.259 e. The molecule has 1 aromatic carbocycles. The van der Waals surface area contributed by atoms with E-state index in [0.717, 1.165) is 5.56 Å². The Bertz CT molecular complexity index is 789. The van der Waals surface area contributed by atoms with E-state index in [1.807, 2.05) is 56.3 Å². The summed E-state index contributed by atoms with van der Waals surface area (Å²) in [6, 6.07) is 9.48. The van der Waals surface area contributed by atoms with Crippen molar-refractivity contribution in [3.8, 4) is 0 Å². The normalized spacial score (nSPS) is 34.7. The Morgan fingerprint density at radius 3 is 2.68 bits per heavy atom. The Hall–Kier alpha value is -2.03. The van der Waals surface area contributed by atoms with Crippen LogP contribution < -0.4 is 0 Å². The van der Waals surface area contributed by atoms with E-state index in [1.54, 1.807) is 6.08 Å². The molecule has 0 aliphatic carbocycles. The van der Waals surface area contributed by atoms with Crippen LogP contribution in [-0.4, -0.2) is 66.1 Å². The molecular weight excluding hydrogens is 362 g/mol. The van der Waals surface area contributed by atoms with Gasteiger partial charge in [0.1, 0.15) is 12.2 Å². The molecule has 1 unspecified atom stereocenters. The number of carbonyl (C=O) groups excluding carboxylic acids is 1. The van der Waals surface area contributed by atoms with Crippen LogP contribution in [0.5, 0.6) is 0 Å². The Labute approximate surface area is 164 Å². The minimum Gasteiger partial charge on any atom is -0.369 e. The highest BCUT2D eigenvalue weighted by atomic mass is 16.8. The molecule has 0 saturated carbocycles. The van der Waals surface area contributed by atoms with Crippen LogP contribution in [-0.2, 0) is 23.7 Å². The summed E-state index contributed by atoms with van der Waals surface area (Å²) in [6.07, 6.45) is 2.98. The Morgan fingerprint density at radius 1 is 1.29 bits per heavy atom. The number of likely N-dealkylation sites (tertiary alicyclic amines) is 1. The average Bonchev–Trinajstić information content (AvgIpc) is 3.22. The number of hydrogen-bond acceptors (Lipinski definition) is 6. The van der Waals surface area contributed by atoms with E-state index in [2.05, 4.69) is 0 Å². The van der Waals surface area contributed by atoms with E-state index in [0.29, 0.717) is 12.3 Å². The lowest BCUT2D eigenvalue weighted by Crippen LogP contribution is -2.64. The first-order valence-electron chi connectivity index (χ1n) is 9.36. The molecule has 1 amide bonds. The highest BCUT2D eigenvalue weighted by Gasteiger charge is 2.52. The fraction of sp³-hybridized carbons (Fsp3) is 0.476. The van der Waals surface area contributed by atoms with Gasteiger partial charge in [0.15, 0.2) is 18.2 Å². The van der Waals surface area contributed by atoms with Gasteiger partial charge >= 0.3 is 0 Å². The zero-order valence-corrected chi connectivity index (χ0v) is 16.1. The number of amides is 1. The van der Waals surface area contributed by atoms with Gasteiger partial charge in [0.05, 0.1) is 18.3 Å². The predicted molar refractivity (Wildman–Crippen MR) is 101 cm³/mol. The Balaban J connectivity index is 1.53. The van der Waals surface area contributed by atoms with E-state index >= 15 is 0 Å². The minimum atomic E-state index is -1.20. The number of aliphatic hydroxyl groups is 1. The maximum atomic E-state index is 12.6. The van der Waals surface area contributed by atoms with E-state index in [1.165, 1.54) is 12.0 Å². The number of ether oxygens (including phenoxy) is 4. The Kier molecular flexibility index (Phi) is 5.11. The molecule has 3 aliphatic rings. The van der Waals surface area contributed by atoms with Crippen molar-refractivity contribution in [2.24, 2.45) is 0 Å². The summed E-state index contributed by atoms with van der Waals surface area (Å²) in [5.41, 5.74) is 1.43. The quantitative estimate of drug-likeness (QED) is 0.775. The first kappa shape index (κ1) is 19.3. The fourth-order valence-electron chi connectivity index (χ4n) is 3.76.